The number of benzene rings is 2. The molecule has 0 bridgehead atoms. The summed E-state index contributed by atoms with van der Waals surface area (Å²) in [5.74, 6) is 1.27. The van der Waals surface area contributed by atoms with Gasteiger partial charge in [-0.3, -0.25) is 14.8 Å². The fourth-order valence-electron chi connectivity index (χ4n) is 3.19. The zero-order valence-electron chi connectivity index (χ0n) is 12.7. The zero-order valence-corrected chi connectivity index (χ0v) is 12.7. The molecule has 24 heavy (non-hydrogen) atoms. The van der Waals surface area contributed by atoms with Gasteiger partial charge in [0.05, 0.1) is 23.3 Å². The quantitative estimate of drug-likeness (QED) is 0.687. The van der Waals surface area contributed by atoms with E-state index in [0.717, 1.165) is 22.2 Å². The average molecular weight is 316 g/mol. The molecule has 5 rings (SSSR count). The first-order valence-corrected chi connectivity index (χ1v) is 7.68. The zero-order chi connectivity index (χ0) is 16.1. The highest BCUT2D eigenvalue weighted by Gasteiger charge is 2.26. The number of Topliss-reactive ketones (excluding diaryl/α,β-unsaturated/α-hetero) is 1. The standard InChI is InChI=1S/C19H12N2O3/c22-17-8-15(12-3-1-5-14-11(12)4-2-6-20-14)21-16-9-19-18(7-13(16)17)23-10-24-19/h1-7,9H,8,10H2. The number of pyridine rings is 1. The second-order valence-electron chi connectivity index (χ2n) is 5.76. The third-order valence-corrected chi connectivity index (χ3v) is 4.33. The Bertz CT molecular complexity index is 1030. The molecule has 2 aliphatic rings. The minimum atomic E-state index is 0.0363. The van der Waals surface area contributed by atoms with Gasteiger partial charge >= 0.3 is 0 Å². The topological polar surface area (TPSA) is 60.8 Å². The van der Waals surface area contributed by atoms with Crippen LogP contribution in [0, 0.1) is 0 Å². The predicted octanol–water partition coefficient (Wildman–Crippen LogP) is 3.67. The molecule has 0 N–H and O–H groups in total. The van der Waals surface area contributed by atoms with Gasteiger partial charge in [-0.15, -0.1) is 0 Å². The van der Waals surface area contributed by atoms with Crippen molar-refractivity contribution in [3.8, 4) is 11.5 Å². The number of fused-ring (bicyclic) bond motifs is 3. The van der Waals surface area contributed by atoms with Crippen LogP contribution in [0.5, 0.6) is 11.5 Å². The average Bonchev–Trinajstić information content (AvgIpc) is 3.07. The maximum Gasteiger partial charge on any atom is 0.231 e. The number of ether oxygens (including phenoxy) is 2. The van der Waals surface area contributed by atoms with Crippen LogP contribution in [0.25, 0.3) is 10.9 Å². The second kappa shape index (κ2) is 4.89. The highest BCUT2D eigenvalue weighted by atomic mass is 16.7. The van der Waals surface area contributed by atoms with E-state index in [2.05, 4.69) is 4.98 Å². The summed E-state index contributed by atoms with van der Waals surface area (Å²) in [5, 5.41) is 0.996. The lowest BCUT2D eigenvalue weighted by Gasteiger charge is -2.16. The monoisotopic (exact) mass is 316 g/mol. The van der Waals surface area contributed by atoms with Crippen LogP contribution in [-0.4, -0.2) is 23.3 Å². The number of nitrogens with zero attached hydrogens (tertiary/aromatic N) is 2. The van der Waals surface area contributed by atoms with Gasteiger partial charge in [0.15, 0.2) is 17.3 Å². The molecule has 0 fully saturated rings. The SMILES string of the molecule is O=C1CC(c2cccc3ncccc23)=Nc2cc3c(cc21)OCO3. The van der Waals surface area contributed by atoms with E-state index in [1.54, 1.807) is 18.3 Å². The third-order valence-electron chi connectivity index (χ3n) is 4.33. The van der Waals surface area contributed by atoms with Crippen LogP contribution >= 0.6 is 0 Å². The van der Waals surface area contributed by atoms with Gasteiger partial charge in [0.1, 0.15) is 0 Å². The summed E-state index contributed by atoms with van der Waals surface area (Å²) in [6.07, 6.45) is 2.02. The molecule has 0 saturated heterocycles. The molecule has 3 aromatic rings. The van der Waals surface area contributed by atoms with E-state index in [1.165, 1.54) is 0 Å². The van der Waals surface area contributed by atoms with Crippen molar-refractivity contribution in [3.63, 3.8) is 0 Å². The fraction of sp³-hybridized carbons (Fsp3) is 0.105. The van der Waals surface area contributed by atoms with Crippen LogP contribution in [0.3, 0.4) is 0 Å². The van der Waals surface area contributed by atoms with Crippen molar-refractivity contribution in [2.24, 2.45) is 4.99 Å². The van der Waals surface area contributed by atoms with Crippen LogP contribution in [0.1, 0.15) is 22.3 Å². The molecule has 0 saturated carbocycles. The van der Waals surface area contributed by atoms with E-state index in [4.69, 9.17) is 14.5 Å². The maximum atomic E-state index is 12.6. The Balaban J connectivity index is 1.71. The van der Waals surface area contributed by atoms with Gasteiger partial charge in [-0.05, 0) is 18.2 Å². The highest BCUT2D eigenvalue weighted by molar-refractivity contribution is 6.24. The molecular weight excluding hydrogens is 304 g/mol. The maximum absolute atomic E-state index is 12.6. The van der Waals surface area contributed by atoms with E-state index in [9.17, 15) is 4.79 Å². The van der Waals surface area contributed by atoms with Gasteiger partial charge in [-0.1, -0.05) is 18.2 Å². The van der Waals surface area contributed by atoms with E-state index in [-0.39, 0.29) is 19.0 Å². The number of carbonyl (C=O) groups is 1. The van der Waals surface area contributed by atoms with Crippen LogP contribution < -0.4 is 9.47 Å². The Morgan fingerprint density at radius 1 is 0.958 bits per heavy atom. The van der Waals surface area contributed by atoms with Crippen LogP contribution in [0.4, 0.5) is 5.69 Å². The number of hydrogen-bond acceptors (Lipinski definition) is 5. The molecule has 2 aromatic carbocycles. The van der Waals surface area contributed by atoms with E-state index < -0.39 is 0 Å². The lowest BCUT2D eigenvalue weighted by atomic mass is 9.94. The minimum absolute atomic E-state index is 0.0363. The molecular formula is C19H12N2O3. The number of aromatic nitrogens is 1. The van der Waals surface area contributed by atoms with Gasteiger partial charge in [0, 0.05) is 28.8 Å². The van der Waals surface area contributed by atoms with Gasteiger partial charge in [-0.25, -0.2) is 0 Å². The Morgan fingerprint density at radius 3 is 2.75 bits per heavy atom. The Labute approximate surface area is 137 Å². The fourth-order valence-corrected chi connectivity index (χ4v) is 3.19. The lowest BCUT2D eigenvalue weighted by Crippen LogP contribution is -2.14. The number of hydrogen-bond donors (Lipinski definition) is 0. The van der Waals surface area contributed by atoms with Crippen molar-refractivity contribution < 1.29 is 14.3 Å². The van der Waals surface area contributed by atoms with Crippen molar-refractivity contribution in [1.82, 2.24) is 4.98 Å². The molecule has 0 radical (unpaired) electrons. The number of rotatable bonds is 1. The Hall–Kier alpha value is -3.21. The van der Waals surface area contributed by atoms with Crippen molar-refractivity contribution in [1.29, 1.82) is 0 Å². The molecule has 1 aromatic heterocycles. The smallest absolute Gasteiger partial charge is 0.231 e. The largest absolute Gasteiger partial charge is 0.454 e. The summed E-state index contributed by atoms with van der Waals surface area (Å²) >= 11 is 0. The summed E-state index contributed by atoms with van der Waals surface area (Å²) in [4.78, 5) is 21.7. The number of carbonyl (C=O) groups excluding carboxylic acids is 1. The van der Waals surface area contributed by atoms with Crippen LogP contribution in [-0.2, 0) is 0 Å². The first-order chi connectivity index (χ1) is 11.8. The first kappa shape index (κ1) is 13.2. The molecule has 5 nitrogen and oxygen atoms in total. The molecule has 0 spiro atoms. The molecule has 0 amide bonds. The van der Waals surface area contributed by atoms with Crippen molar-refractivity contribution in [2.75, 3.05) is 6.79 Å². The summed E-state index contributed by atoms with van der Waals surface area (Å²) in [6, 6.07) is 13.3. The Kier molecular flexibility index (Phi) is 2.70. The number of aliphatic imine (C=N–C) groups is 1. The van der Waals surface area contributed by atoms with Crippen LogP contribution in [0.15, 0.2) is 53.7 Å². The minimum Gasteiger partial charge on any atom is -0.454 e. The second-order valence-corrected chi connectivity index (χ2v) is 5.76. The van der Waals surface area contributed by atoms with Crippen LogP contribution in [0.2, 0.25) is 0 Å². The van der Waals surface area contributed by atoms with E-state index in [1.807, 2.05) is 30.3 Å². The summed E-state index contributed by atoms with van der Waals surface area (Å²) in [5.41, 5.74) is 3.80. The van der Waals surface area contributed by atoms with Gasteiger partial charge in [-0.2, -0.15) is 0 Å². The lowest BCUT2D eigenvalue weighted by molar-refractivity contribution is 0.0999. The first-order valence-electron chi connectivity index (χ1n) is 7.68. The summed E-state index contributed by atoms with van der Waals surface area (Å²) < 4.78 is 10.7. The van der Waals surface area contributed by atoms with Crippen molar-refractivity contribution >= 4 is 28.1 Å². The van der Waals surface area contributed by atoms with Gasteiger partial charge < -0.3 is 9.47 Å². The predicted molar refractivity (Wildman–Crippen MR) is 89.5 cm³/mol. The molecule has 116 valence electrons. The van der Waals surface area contributed by atoms with E-state index in [0.29, 0.717) is 22.7 Å². The molecule has 0 aliphatic carbocycles. The van der Waals surface area contributed by atoms with E-state index >= 15 is 0 Å². The van der Waals surface area contributed by atoms with Gasteiger partial charge in [0.25, 0.3) is 0 Å². The molecule has 0 atom stereocenters. The summed E-state index contributed by atoms with van der Waals surface area (Å²) in [7, 11) is 0. The summed E-state index contributed by atoms with van der Waals surface area (Å²) in [6.45, 7) is 0.179. The third kappa shape index (κ3) is 1.91. The molecule has 2 aliphatic heterocycles. The van der Waals surface area contributed by atoms with Gasteiger partial charge in [0.2, 0.25) is 6.79 Å². The molecule has 5 heteroatoms. The highest BCUT2D eigenvalue weighted by Crippen LogP contribution is 2.40. The molecule has 0 unspecified atom stereocenters. The van der Waals surface area contributed by atoms with Crippen molar-refractivity contribution in [3.05, 3.63) is 59.8 Å². The normalized spacial score (nSPS) is 15.3. The van der Waals surface area contributed by atoms with Crippen molar-refractivity contribution in [2.45, 2.75) is 6.42 Å². The molecule has 3 heterocycles. The Morgan fingerprint density at radius 2 is 1.83 bits per heavy atom. The number of ketones is 1.